The number of carbonyl (C=O) groups is 1. The molecule has 122 valence electrons. The lowest BCUT2D eigenvalue weighted by Gasteiger charge is -2.10. The summed E-state index contributed by atoms with van der Waals surface area (Å²) in [6.45, 7) is 6.89. The van der Waals surface area contributed by atoms with Crippen molar-refractivity contribution in [3.63, 3.8) is 0 Å². The molecule has 0 aliphatic rings. The predicted molar refractivity (Wildman–Crippen MR) is 93.1 cm³/mol. The van der Waals surface area contributed by atoms with E-state index in [1.165, 1.54) is 11.9 Å². The Morgan fingerprint density at radius 1 is 1.13 bits per heavy atom. The van der Waals surface area contributed by atoms with Crippen LogP contribution in [0.1, 0.15) is 47.8 Å². The monoisotopic (exact) mass is 312 g/mol. The van der Waals surface area contributed by atoms with Crippen LogP contribution in [0.5, 0.6) is 0 Å². The van der Waals surface area contributed by atoms with Crippen molar-refractivity contribution in [1.82, 2.24) is 15.3 Å². The van der Waals surface area contributed by atoms with Crippen LogP contribution in [0.3, 0.4) is 0 Å². The highest BCUT2D eigenvalue weighted by Gasteiger charge is 2.09. The first-order chi connectivity index (χ1) is 11.1. The summed E-state index contributed by atoms with van der Waals surface area (Å²) < 4.78 is 0. The SMILES string of the molecule is CCCCCNC(=O)c1cc(Nc2cc(C)ccc2C)ncn1. The molecule has 0 fully saturated rings. The van der Waals surface area contributed by atoms with E-state index in [0.29, 0.717) is 18.1 Å². The number of anilines is 2. The van der Waals surface area contributed by atoms with E-state index in [0.717, 1.165) is 30.5 Å². The summed E-state index contributed by atoms with van der Waals surface area (Å²) in [5.74, 6) is 0.458. The van der Waals surface area contributed by atoms with Gasteiger partial charge in [-0.3, -0.25) is 4.79 Å². The molecule has 0 aliphatic heterocycles. The molecule has 0 spiro atoms. The largest absolute Gasteiger partial charge is 0.351 e. The Kier molecular flexibility index (Phi) is 6.09. The number of nitrogens with one attached hydrogen (secondary N) is 2. The van der Waals surface area contributed by atoms with E-state index >= 15 is 0 Å². The number of aromatic nitrogens is 2. The van der Waals surface area contributed by atoms with Crippen LogP contribution in [-0.2, 0) is 0 Å². The third-order valence-corrected chi connectivity index (χ3v) is 3.62. The number of hydrogen-bond acceptors (Lipinski definition) is 4. The summed E-state index contributed by atoms with van der Waals surface area (Å²) in [5, 5.41) is 6.14. The van der Waals surface area contributed by atoms with Crippen molar-refractivity contribution >= 4 is 17.4 Å². The van der Waals surface area contributed by atoms with E-state index in [-0.39, 0.29) is 5.91 Å². The lowest BCUT2D eigenvalue weighted by molar-refractivity contribution is 0.0948. The maximum Gasteiger partial charge on any atom is 0.270 e. The predicted octanol–water partition coefficient (Wildman–Crippen LogP) is 3.76. The molecule has 0 saturated carbocycles. The third-order valence-electron chi connectivity index (χ3n) is 3.62. The molecular weight excluding hydrogens is 288 g/mol. The first-order valence-electron chi connectivity index (χ1n) is 8.04. The summed E-state index contributed by atoms with van der Waals surface area (Å²) in [5.41, 5.74) is 3.66. The van der Waals surface area contributed by atoms with E-state index in [9.17, 15) is 4.79 Å². The van der Waals surface area contributed by atoms with Gasteiger partial charge >= 0.3 is 0 Å². The molecule has 0 aliphatic carbocycles. The minimum Gasteiger partial charge on any atom is -0.351 e. The van der Waals surface area contributed by atoms with Gasteiger partial charge in [0.05, 0.1) is 0 Å². The second-order valence-electron chi connectivity index (χ2n) is 5.69. The lowest BCUT2D eigenvalue weighted by Crippen LogP contribution is -2.25. The minimum atomic E-state index is -0.160. The van der Waals surface area contributed by atoms with Gasteiger partial charge in [-0.2, -0.15) is 0 Å². The van der Waals surface area contributed by atoms with Gasteiger partial charge in [-0.1, -0.05) is 31.9 Å². The molecule has 0 saturated heterocycles. The van der Waals surface area contributed by atoms with Crippen LogP contribution in [-0.4, -0.2) is 22.4 Å². The lowest BCUT2D eigenvalue weighted by atomic mass is 10.1. The maximum atomic E-state index is 12.1. The van der Waals surface area contributed by atoms with Crippen molar-refractivity contribution in [2.75, 3.05) is 11.9 Å². The second-order valence-corrected chi connectivity index (χ2v) is 5.69. The molecule has 1 amide bonds. The molecule has 1 aromatic heterocycles. The highest BCUT2D eigenvalue weighted by Crippen LogP contribution is 2.20. The zero-order valence-electron chi connectivity index (χ0n) is 14.0. The van der Waals surface area contributed by atoms with Crippen molar-refractivity contribution < 1.29 is 4.79 Å². The van der Waals surface area contributed by atoms with Crippen molar-refractivity contribution in [3.05, 3.63) is 47.4 Å². The maximum absolute atomic E-state index is 12.1. The van der Waals surface area contributed by atoms with Gasteiger partial charge in [0.2, 0.25) is 0 Å². The van der Waals surface area contributed by atoms with Crippen LogP contribution in [0.25, 0.3) is 0 Å². The number of benzene rings is 1. The van der Waals surface area contributed by atoms with E-state index < -0.39 is 0 Å². The number of rotatable bonds is 7. The first kappa shape index (κ1) is 16.9. The van der Waals surface area contributed by atoms with Crippen molar-refractivity contribution in [1.29, 1.82) is 0 Å². The van der Waals surface area contributed by atoms with Gasteiger partial charge in [0.15, 0.2) is 0 Å². The Labute approximate surface area is 137 Å². The molecule has 1 aromatic carbocycles. The number of carbonyl (C=O) groups excluding carboxylic acids is 1. The van der Waals surface area contributed by atoms with Crippen molar-refractivity contribution in [2.45, 2.75) is 40.0 Å². The molecule has 2 aromatic rings. The van der Waals surface area contributed by atoms with Gasteiger partial charge in [-0.25, -0.2) is 9.97 Å². The molecule has 2 N–H and O–H groups in total. The van der Waals surface area contributed by atoms with Gasteiger partial charge in [0.1, 0.15) is 17.8 Å². The molecule has 0 unspecified atom stereocenters. The zero-order chi connectivity index (χ0) is 16.7. The highest BCUT2D eigenvalue weighted by molar-refractivity contribution is 5.92. The zero-order valence-corrected chi connectivity index (χ0v) is 14.0. The Bertz CT molecular complexity index is 670. The summed E-state index contributed by atoms with van der Waals surface area (Å²) in [4.78, 5) is 20.4. The first-order valence-corrected chi connectivity index (χ1v) is 8.04. The molecule has 5 heteroatoms. The number of unbranched alkanes of at least 4 members (excludes halogenated alkanes) is 2. The van der Waals surface area contributed by atoms with Crippen LogP contribution in [0.2, 0.25) is 0 Å². The number of aryl methyl sites for hydroxylation is 2. The van der Waals surface area contributed by atoms with Gasteiger partial charge < -0.3 is 10.6 Å². The smallest absolute Gasteiger partial charge is 0.270 e. The summed E-state index contributed by atoms with van der Waals surface area (Å²) >= 11 is 0. The van der Waals surface area contributed by atoms with E-state index in [2.05, 4.69) is 45.7 Å². The Hall–Kier alpha value is -2.43. The topological polar surface area (TPSA) is 66.9 Å². The van der Waals surface area contributed by atoms with Crippen LogP contribution in [0.15, 0.2) is 30.6 Å². The van der Waals surface area contributed by atoms with Crippen LogP contribution >= 0.6 is 0 Å². The number of nitrogens with zero attached hydrogens (tertiary/aromatic N) is 2. The summed E-state index contributed by atoms with van der Waals surface area (Å²) in [6, 6.07) is 7.86. The van der Waals surface area contributed by atoms with Crippen molar-refractivity contribution in [2.24, 2.45) is 0 Å². The van der Waals surface area contributed by atoms with Gasteiger partial charge in [0, 0.05) is 18.3 Å². The van der Waals surface area contributed by atoms with Gasteiger partial charge in [0.25, 0.3) is 5.91 Å². The number of amides is 1. The fraction of sp³-hybridized carbons (Fsp3) is 0.389. The van der Waals surface area contributed by atoms with E-state index in [1.807, 2.05) is 13.8 Å². The molecular formula is C18H24N4O. The summed E-state index contributed by atoms with van der Waals surface area (Å²) in [7, 11) is 0. The summed E-state index contributed by atoms with van der Waals surface area (Å²) in [6.07, 6.45) is 4.64. The van der Waals surface area contributed by atoms with Crippen LogP contribution < -0.4 is 10.6 Å². The molecule has 0 bridgehead atoms. The third kappa shape index (κ3) is 5.06. The van der Waals surface area contributed by atoms with E-state index in [4.69, 9.17) is 0 Å². The molecule has 5 nitrogen and oxygen atoms in total. The quantitative estimate of drug-likeness (QED) is 0.764. The van der Waals surface area contributed by atoms with Gasteiger partial charge in [-0.05, 0) is 37.5 Å². The Morgan fingerprint density at radius 3 is 2.74 bits per heavy atom. The minimum absolute atomic E-state index is 0.160. The Morgan fingerprint density at radius 2 is 1.96 bits per heavy atom. The number of hydrogen-bond donors (Lipinski definition) is 2. The molecule has 2 rings (SSSR count). The standard InChI is InChI=1S/C18H24N4O/c1-4-5-6-9-19-18(23)16-11-17(21-12-20-16)22-15-10-13(2)7-8-14(15)3/h7-8,10-12H,4-6,9H2,1-3H3,(H,19,23)(H,20,21,22). The molecule has 0 atom stereocenters. The van der Waals surface area contributed by atoms with Crippen LogP contribution in [0.4, 0.5) is 11.5 Å². The normalized spacial score (nSPS) is 10.4. The van der Waals surface area contributed by atoms with Crippen LogP contribution in [0, 0.1) is 13.8 Å². The molecule has 1 heterocycles. The average molecular weight is 312 g/mol. The average Bonchev–Trinajstić information content (AvgIpc) is 2.55. The molecule has 23 heavy (non-hydrogen) atoms. The van der Waals surface area contributed by atoms with E-state index in [1.54, 1.807) is 6.07 Å². The fourth-order valence-electron chi connectivity index (χ4n) is 2.23. The Balaban J connectivity index is 2.04. The fourth-order valence-corrected chi connectivity index (χ4v) is 2.23. The van der Waals surface area contributed by atoms with Gasteiger partial charge in [-0.15, -0.1) is 0 Å². The second kappa shape index (κ2) is 8.27. The highest BCUT2D eigenvalue weighted by atomic mass is 16.1. The van der Waals surface area contributed by atoms with Crippen molar-refractivity contribution in [3.8, 4) is 0 Å². The molecule has 0 radical (unpaired) electrons.